The van der Waals surface area contributed by atoms with Crippen molar-refractivity contribution in [1.82, 2.24) is 10.4 Å². The fraction of sp³-hybridized carbons (Fsp3) is 0.833. The number of rotatable bonds is 2. The summed E-state index contributed by atoms with van der Waals surface area (Å²) < 4.78 is 0. The second kappa shape index (κ2) is 2.98. The summed E-state index contributed by atoms with van der Waals surface area (Å²) in [6, 6.07) is -0.315. The van der Waals surface area contributed by atoms with E-state index in [1.807, 2.05) is 0 Å². The van der Waals surface area contributed by atoms with Crippen molar-refractivity contribution >= 4 is 5.97 Å². The Morgan fingerprint density at radius 3 is 2.90 bits per heavy atom. The van der Waals surface area contributed by atoms with Crippen LogP contribution in [0.15, 0.2) is 0 Å². The highest BCUT2D eigenvalue weighted by Gasteiger charge is 2.29. The molecule has 0 aromatic rings. The SMILES string of the molecule is CNN1CCCC1C(=O)O. The molecule has 1 heterocycles. The van der Waals surface area contributed by atoms with Crippen LogP contribution in [0.5, 0.6) is 0 Å². The molecule has 4 heteroatoms. The monoisotopic (exact) mass is 144 g/mol. The first-order valence-electron chi connectivity index (χ1n) is 3.42. The van der Waals surface area contributed by atoms with Crippen molar-refractivity contribution in [3.05, 3.63) is 0 Å². The van der Waals surface area contributed by atoms with E-state index in [-0.39, 0.29) is 6.04 Å². The van der Waals surface area contributed by atoms with Crippen LogP contribution < -0.4 is 5.43 Å². The lowest BCUT2D eigenvalue weighted by molar-refractivity contribution is -0.143. The molecule has 1 aliphatic heterocycles. The quantitative estimate of drug-likeness (QED) is 0.557. The van der Waals surface area contributed by atoms with E-state index in [1.54, 1.807) is 12.1 Å². The summed E-state index contributed by atoms with van der Waals surface area (Å²) in [4.78, 5) is 10.5. The molecule has 0 aromatic heterocycles. The normalized spacial score (nSPS) is 27.1. The number of hydrogen-bond donors (Lipinski definition) is 2. The highest BCUT2D eigenvalue weighted by Crippen LogP contribution is 2.13. The molecule has 1 saturated heterocycles. The fourth-order valence-electron chi connectivity index (χ4n) is 1.29. The minimum Gasteiger partial charge on any atom is -0.480 e. The van der Waals surface area contributed by atoms with Crippen LogP contribution in [-0.4, -0.2) is 35.7 Å². The Kier molecular flexibility index (Phi) is 2.24. The number of carbonyl (C=O) groups is 1. The zero-order valence-corrected chi connectivity index (χ0v) is 6.00. The third-order valence-electron chi connectivity index (χ3n) is 1.83. The first kappa shape index (κ1) is 7.50. The molecule has 1 atom stereocenters. The number of aliphatic carboxylic acids is 1. The van der Waals surface area contributed by atoms with Crippen LogP contribution in [0.2, 0.25) is 0 Å². The molecule has 0 saturated carbocycles. The highest BCUT2D eigenvalue weighted by atomic mass is 16.4. The van der Waals surface area contributed by atoms with Crippen molar-refractivity contribution in [2.24, 2.45) is 0 Å². The van der Waals surface area contributed by atoms with Crippen LogP contribution in [0.1, 0.15) is 12.8 Å². The van der Waals surface area contributed by atoms with Gasteiger partial charge in [0.15, 0.2) is 0 Å². The van der Waals surface area contributed by atoms with E-state index in [9.17, 15) is 4.79 Å². The second-order valence-corrected chi connectivity index (χ2v) is 2.41. The minimum absolute atomic E-state index is 0.315. The van der Waals surface area contributed by atoms with E-state index >= 15 is 0 Å². The maximum Gasteiger partial charge on any atom is 0.322 e. The average Bonchev–Trinajstić information content (AvgIpc) is 2.33. The van der Waals surface area contributed by atoms with Gasteiger partial charge in [-0.25, -0.2) is 5.01 Å². The molecule has 1 rings (SSSR count). The molecule has 10 heavy (non-hydrogen) atoms. The van der Waals surface area contributed by atoms with Gasteiger partial charge in [0.1, 0.15) is 6.04 Å². The number of hydrazine groups is 1. The van der Waals surface area contributed by atoms with Crippen molar-refractivity contribution in [3.63, 3.8) is 0 Å². The number of nitrogens with zero attached hydrogens (tertiary/aromatic N) is 1. The molecule has 0 aliphatic carbocycles. The smallest absolute Gasteiger partial charge is 0.322 e. The van der Waals surface area contributed by atoms with Gasteiger partial charge >= 0.3 is 5.97 Å². The van der Waals surface area contributed by atoms with Gasteiger partial charge in [-0.2, -0.15) is 0 Å². The first-order valence-corrected chi connectivity index (χ1v) is 3.42. The van der Waals surface area contributed by atoms with Crippen LogP contribution in [0.3, 0.4) is 0 Å². The Hall–Kier alpha value is -0.610. The van der Waals surface area contributed by atoms with Crippen LogP contribution in [-0.2, 0) is 4.79 Å². The van der Waals surface area contributed by atoms with Gasteiger partial charge in [0, 0.05) is 6.54 Å². The van der Waals surface area contributed by atoms with Gasteiger partial charge in [-0.3, -0.25) is 10.2 Å². The molecular weight excluding hydrogens is 132 g/mol. The van der Waals surface area contributed by atoms with Gasteiger partial charge in [0.05, 0.1) is 0 Å². The summed E-state index contributed by atoms with van der Waals surface area (Å²) in [5.41, 5.74) is 2.85. The Balaban J connectivity index is 2.50. The predicted octanol–water partition coefficient (Wildman–Crippen LogP) is -0.330. The molecule has 0 aromatic carbocycles. The Labute approximate surface area is 59.8 Å². The number of carboxylic acids is 1. The lowest BCUT2D eigenvalue weighted by Crippen LogP contribution is -2.43. The molecule has 4 nitrogen and oxygen atoms in total. The molecular formula is C6H12N2O2. The lowest BCUT2D eigenvalue weighted by Gasteiger charge is -2.18. The number of carboxylic acid groups (broad SMARTS) is 1. The van der Waals surface area contributed by atoms with Crippen molar-refractivity contribution in [2.75, 3.05) is 13.6 Å². The molecule has 1 aliphatic rings. The summed E-state index contributed by atoms with van der Waals surface area (Å²) in [5, 5.41) is 10.4. The van der Waals surface area contributed by atoms with E-state index < -0.39 is 5.97 Å². The fourth-order valence-corrected chi connectivity index (χ4v) is 1.29. The molecule has 58 valence electrons. The topological polar surface area (TPSA) is 52.6 Å². The predicted molar refractivity (Wildman–Crippen MR) is 36.4 cm³/mol. The largest absolute Gasteiger partial charge is 0.480 e. The van der Waals surface area contributed by atoms with Crippen LogP contribution in [0.4, 0.5) is 0 Å². The molecule has 0 radical (unpaired) electrons. The molecule has 1 unspecified atom stereocenters. The van der Waals surface area contributed by atoms with Crippen molar-refractivity contribution in [2.45, 2.75) is 18.9 Å². The standard InChI is InChI=1S/C6H12N2O2/c1-7-8-4-2-3-5(8)6(9)10/h5,7H,2-4H2,1H3,(H,9,10). The van der Waals surface area contributed by atoms with Crippen LogP contribution in [0.25, 0.3) is 0 Å². The molecule has 0 amide bonds. The summed E-state index contributed by atoms with van der Waals surface area (Å²) in [7, 11) is 1.75. The van der Waals surface area contributed by atoms with Crippen LogP contribution >= 0.6 is 0 Å². The molecule has 1 fully saturated rings. The van der Waals surface area contributed by atoms with Crippen LogP contribution in [0, 0.1) is 0 Å². The summed E-state index contributed by atoms with van der Waals surface area (Å²) in [6.45, 7) is 0.841. The van der Waals surface area contributed by atoms with E-state index in [4.69, 9.17) is 5.11 Å². The Morgan fingerprint density at radius 2 is 2.50 bits per heavy atom. The zero-order chi connectivity index (χ0) is 7.56. The Morgan fingerprint density at radius 1 is 1.80 bits per heavy atom. The zero-order valence-electron chi connectivity index (χ0n) is 6.00. The van der Waals surface area contributed by atoms with E-state index in [2.05, 4.69) is 5.43 Å². The number of hydrogen-bond acceptors (Lipinski definition) is 3. The van der Waals surface area contributed by atoms with Gasteiger partial charge < -0.3 is 5.11 Å². The average molecular weight is 144 g/mol. The Bertz CT molecular complexity index is 138. The van der Waals surface area contributed by atoms with E-state index in [0.717, 1.165) is 19.4 Å². The summed E-state index contributed by atoms with van der Waals surface area (Å²) >= 11 is 0. The minimum atomic E-state index is -0.730. The van der Waals surface area contributed by atoms with Crippen molar-refractivity contribution in [3.8, 4) is 0 Å². The summed E-state index contributed by atoms with van der Waals surface area (Å²) in [6.07, 6.45) is 1.73. The van der Waals surface area contributed by atoms with E-state index in [0.29, 0.717) is 0 Å². The van der Waals surface area contributed by atoms with Gasteiger partial charge in [0.25, 0.3) is 0 Å². The molecule has 0 bridgehead atoms. The van der Waals surface area contributed by atoms with Gasteiger partial charge in [-0.05, 0) is 19.9 Å². The third kappa shape index (κ3) is 1.27. The lowest BCUT2D eigenvalue weighted by atomic mass is 10.2. The molecule has 2 N–H and O–H groups in total. The maximum atomic E-state index is 10.5. The second-order valence-electron chi connectivity index (χ2n) is 2.41. The maximum absolute atomic E-state index is 10.5. The van der Waals surface area contributed by atoms with E-state index in [1.165, 1.54) is 0 Å². The van der Waals surface area contributed by atoms with Gasteiger partial charge in [-0.15, -0.1) is 0 Å². The number of nitrogens with one attached hydrogen (secondary N) is 1. The third-order valence-corrected chi connectivity index (χ3v) is 1.83. The van der Waals surface area contributed by atoms with Crippen molar-refractivity contribution < 1.29 is 9.90 Å². The van der Waals surface area contributed by atoms with Gasteiger partial charge in [0.2, 0.25) is 0 Å². The van der Waals surface area contributed by atoms with Gasteiger partial charge in [-0.1, -0.05) is 0 Å². The summed E-state index contributed by atoms with van der Waals surface area (Å²) in [5.74, 6) is -0.730. The highest BCUT2D eigenvalue weighted by molar-refractivity contribution is 5.73. The van der Waals surface area contributed by atoms with Crippen molar-refractivity contribution in [1.29, 1.82) is 0 Å². The molecule has 0 spiro atoms. The first-order chi connectivity index (χ1) is 4.75.